The van der Waals surface area contributed by atoms with E-state index in [1.165, 1.54) is 33.3 Å². The van der Waals surface area contributed by atoms with Crippen molar-refractivity contribution >= 4 is 22.4 Å². The zero-order chi connectivity index (χ0) is 24.7. The molecule has 0 spiro atoms. The molecule has 3 aromatic rings. The maximum Gasteiger partial charge on any atom is 0.335 e. The van der Waals surface area contributed by atoms with Crippen molar-refractivity contribution in [2.24, 2.45) is 5.92 Å². The van der Waals surface area contributed by atoms with Crippen LogP contribution in [0.2, 0.25) is 0 Å². The van der Waals surface area contributed by atoms with Gasteiger partial charge in [0.25, 0.3) is 0 Å². The van der Waals surface area contributed by atoms with E-state index >= 15 is 0 Å². The van der Waals surface area contributed by atoms with Crippen molar-refractivity contribution in [2.45, 2.75) is 44.4 Å². The lowest BCUT2D eigenvalue weighted by molar-refractivity contribution is 0.0697. The van der Waals surface area contributed by atoms with Crippen molar-refractivity contribution in [3.05, 3.63) is 113 Å². The predicted octanol–water partition coefficient (Wildman–Crippen LogP) is 7.85. The Hall–Kier alpha value is -3.59. The minimum absolute atomic E-state index is 0.118. The molecular weight excluding hydrogens is 430 g/mol. The van der Waals surface area contributed by atoms with Gasteiger partial charge in [-0.1, -0.05) is 74.0 Å². The van der Waals surface area contributed by atoms with Gasteiger partial charge in [-0.3, -0.25) is 0 Å². The number of rotatable bonds is 4. The molecule has 178 valence electrons. The van der Waals surface area contributed by atoms with Gasteiger partial charge < -0.3 is 10.0 Å². The summed E-state index contributed by atoms with van der Waals surface area (Å²) in [4.78, 5) is 13.7. The van der Waals surface area contributed by atoms with Crippen molar-refractivity contribution in [1.82, 2.24) is 0 Å². The fourth-order valence-corrected chi connectivity index (χ4v) is 6.25. The Morgan fingerprint density at radius 1 is 1.06 bits per heavy atom. The Morgan fingerprint density at radius 2 is 1.80 bits per heavy atom. The van der Waals surface area contributed by atoms with Crippen LogP contribution in [0.4, 0.5) is 5.69 Å². The number of carboxylic acids is 1. The molecule has 3 heteroatoms. The minimum atomic E-state index is -0.889. The lowest BCUT2D eigenvalue weighted by Gasteiger charge is -2.33. The fraction of sp³-hybridized carbons (Fsp3) is 0.281. The Kier molecular flexibility index (Phi) is 5.88. The van der Waals surface area contributed by atoms with E-state index in [-0.39, 0.29) is 11.3 Å². The van der Waals surface area contributed by atoms with E-state index in [2.05, 4.69) is 87.0 Å². The van der Waals surface area contributed by atoms with Gasteiger partial charge in [-0.05, 0) is 71.4 Å². The number of fused-ring (bicyclic) bond motifs is 3. The lowest BCUT2D eigenvalue weighted by atomic mass is 9.72. The molecule has 35 heavy (non-hydrogen) atoms. The van der Waals surface area contributed by atoms with Gasteiger partial charge in [-0.15, -0.1) is 6.58 Å². The summed E-state index contributed by atoms with van der Waals surface area (Å²) in [5.74, 6) is -0.321. The number of nitrogens with zero attached hydrogens (tertiary/aromatic N) is 1. The maximum atomic E-state index is 11.3. The highest BCUT2D eigenvalue weighted by molar-refractivity contribution is 5.94. The Labute approximate surface area is 208 Å². The minimum Gasteiger partial charge on any atom is -0.478 e. The molecule has 0 aromatic heterocycles. The Balaban J connectivity index is 1.57. The summed E-state index contributed by atoms with van der Waals surface area (Å²) in [5.41, 5.74) is 6.71. The summed E-state index contributed by atoms with van der Waals surface area (Å²) < 4.78 is 0. The topological polar surface area (TPSA) is 40.5 Å². The van der Waals surface area contributed by atoms with Crippen LogP contribution in [0.3, 0.4) is 0 Å². The smallest absolute Gasteiger partial charge is 0.335 e. The standard InChI is InChI=1S/C32H33NO2/c1-5-21-10-8-11-23(29(21)24-13-15-25(16-14-24)31(34)35)18-20-28-32(2,3)30-26-12-7-6-9-22(26)17-19-27(30)33(28)4/h5-7,9,12-21,29H,1,8,10-11H2,2-4H3,(H,34,35)/b23-18+,28-20+. The molecule has 1 fully saturated rings. The second kappa shape index (κ2) is 8.88. The molecule has 1 saturated carbocycles. The Morgan fingerprint density at radius 3 is 2.51 bits per heavy atom. The van der Waals surface area contributed by atoms with Gasteiger partial charge >= 0.3 is 5.97 Å². The van der Waals surface area contributed by atoms with Crippen LogP contribution in [0.25, 0.3) is 10.8 Å². The molecule has 2 unspecified atom stereocenters. The number of likely N-dealkylation sites (N-methyl/N-ethyl adjacent to an activating group) is 1. The first-order valence-corrected chi connectivity index (χ1v) is 12.5. The van der Waals surface area contributed by atoms with Crippen LogP contribution >= 0.6 is 0 Å². The SMILES string of the molecule is C=CC1CCC/C(=C\C=C2\N(C)c3ccc4ccccc4c3C2(C)C)C1c1ccc(C(=O)O)cc1. The molecule has 3 nitrogen and oxygen atoms in total. The molecule has 0 radical (unpaired) electrons. The summed E-state index contributed by atoms with van der Waals surface area (Å²) in [6.07, 6.45) is 10.00. The molecule has 1 heterocycles. The average Bonchev–Trinajstić information content (AvgIpc) is 3.07. The van der Waals surface area contributed by atoms with Gasteiger partial charge in [0.15, 0.2) is 0 Å². The van der Waals surface area contributed by atoms with E-state index < -0.39 is 5.97 Å². The highest BCUT2D eigenvalue weighted by Crippen LogP contribution is 2.50. The molecule has 5 rings (SSSR count). The first-order valence-electron chi connectivity index (χ1n) is 12.5. The van der Waals surface area contributed by atoms with Crippen LogP contribution in [-0.4, -0.2) is 18.1 Å². The summed E-state index contributed by atoms with van der Waals surface area (Å²) in [6, 6.07) is 20.5. The molecule has 3 aromatic carbocycles. The van der Waals surface area contributed by atoms with Gasteiger partial charge in [0.2, 0.25) is 0 Å². The quantitative estimate of drug-likeness (QED) is 0.401. The van der Waals surface area contributed by atoms with Gasteiger partial charge in [0.1, 0.15) is 0 Å². The van der Waals surface area contributed by atoms with Crippen LogP contribution in [0, 0.1) is 5.92 Å². The van der Waals surface area contributed by atoms with Gasteiger partial charge in [-0.25, -0.2) is 4.79 Å². The molecule has 1 aliphatic heterocycles. The summed E-state index contributed by atoms with van der Waals surface area (Å²) in [5, 5.41) is 11.9. The van der Waals surface area contributed by atoms with Gasteiger partial charge in [0.05, 0.1) is 5.56 Å². The summed E-state index contributed by atoms with van der Waals surface area (Å²) in [6.45, 7) is 8.77. The van der Waals surface area contributed by atoms with Crippen LogP contribution in [-0.2, 0) is 5.41 Å². The summed E-state index contributed by atoms with van der Waals surface area (Å²) >= 11 is 0. The van der Waals surface area contributed by atoms with Crippen molar-refractivity contribution in [3.8, 4) is 0 Å². The normalized spacial score (nSPS) is 23.6. The highest BCUT2D eigenvalue weighted by atomic mass is 16.4. The molecule has 1 aliphatic carbocycles. The number of anilines is 1. The second-order valence-corrected chi connectivity index (χ2v) is 10.4. The molecule has 1 N–H and O–H groups in total. The van der Waals surface area contributed by atoms with E-state index in [0.29, 0.717) is 11.5 Å². The predicted molar refractivity (Wildman–Crippen MR) is 145 cm³/mol. The van der Waals surface area contributed by atoms with Crippen molar-refractivity contribution < 1.29 is 9.90 Å². The largest absolute Gasteiger partial charge is 0.478 e. The van der Waals surface area contributed by atoms with E-state index in [0.717, 1.165) is 24.8 Å². The van der Waals surface area contributed by atoms with Gasteiger partial charge in [-0.2, -0.15) is 0 Å². The maximum absolute atomic E-state index is 11.3. The second-order valence-electron chi connectivity index (χ2n) is 10.4. The fourth-order valence-electron chi connectivity index (χ4n) is 6.25. The molecule has 0 amide bonds. The molecule has 0 bridgehead atoms. The third-order valence-electron chi connectivity index (χ3n) is 8.00. The highest BCUT2D eigenvalue weighted by Gasteiger charge is 2.39. The average molecular weight is 464 g/mol. The molecular formula is C32H33NO2. The third-order valence-corrected chi connectivity index (χ3v) is 8.00. The number of carboxylic acid groups (broad SMARTS) is 1. The molecule has 0 saturated heterocycles. The van der Waals surface area contributed by atoms with Crippen molar-refractivity contribution in [3.63, 3.8) is 0 Å². The first-order chi connectivity index (χ1) is 16.8. The number of benzene rings is 3. The molecule has 2 atom stereocenters. The Bertz CT molecular complexity index is 1360. The lowest BCUT2D eigenvalue weighted by Crippen LogP contribution is -2.23. The van der Waals surface area contributed by atoms with Crippen LogP contribution in [0.5, 0.6) is 0 Å². The van der Waals surface area contributed by atoms with Crippen LogP contribution < -0.4 is 4.90 Å². The van der Waals surface area contributed by atoms with Crippen molar-refractivity contribution in [2.75, 3.05) is 11.9 Å². The van der Waals surface area contributed by atoms with E-state index in [4.69, 9.17) is 0 Å². The van der Waals surface area contributed by atoms with E-state index in [9.17, 15) is 9.90 Å². The van der Waals surface area contributed by atoms with Crippen molar-refractivity contribution in [1.29, 1.82) is 0 Å². The van der Waals surface area contributed by atoms with E-state index in [1.807, 2.05) is 12.1 Å². The zero-order valence-corrected chi connectivity index (χ0v) is 20.8. The number of allylic oxidation sites excluding steroid dienone is 5. The third kappa shape index (κ3) is 3.89. The monoisotopic (exact) mass is 463 g/mol. The number of hydrogen-bond acceptors (Lipinski definition) is 2. The number of aromatic carboxylic acids is 1. The van der Waals surface area contributed by atoms with E-state index in [1.54, 1.807) is 12.1 Å². The van der Waals surface area contributed by atoms with Crippen LogP contribution in [0.1, 0.15) is 60.5 Å². The number of carbonyl (C=O) groups is 1. The molecule has 2 aliphatic rings. The van der Waals surface area contributed by atoms with Crippen LogP contribution in [0.15, 0.2) is 96.7 Å². The first kappa shape index (κ1) is 23.2. The zero-order valence-electron chi connectivity index (χ0n) is 20.8. The summed E-state index contributed by atoms with van der Waals surface area (Å²) in [7, 11) is 2.17. The van der Waals surface area contributed by atoms with Gasteiger partial charge in [0, 0.05) is 29.8 Å². The number of hydrogen-bond donors (Lipinski definition) is 1.